The molecule has 0 bridgehead atoms. The van der Waals surface area contributed by atoms with Crippen LogP contribution in [0.5, 0.6) is 0 Å². The third kappa shape index (κ3) is 4.23. The monoisotopic (exact) mass is 440 g/mol. The molecule has 4 rings (SSSR count). The van der Waals surface area contributed by atoms with Crippen LogP contribution in [-0.4, -0.2) is 47.2 Å². The van der Waals surface area contributed by atoms with Crippen LogP contribution in [0.15, 0.2) is 46.8 Å². The Morgan fingerprint density at radius 1 is 1.22 bits per heavy atom. The Morgan fingerprint density at radius 3 is 2.78 bits per heavy atom. The van der Waals surface area contributed by atoms with Crippen molar-refractivity contribution in [2.75, 3.05) is 11.5 Å². The molecule has 0 unspecified atom stereocenters. The van der Waals surface area contributed by atoms with Crippen molar-refractivity contribution in [3.8, 4) is 0 Å². The van der Waals surface area contributed by atoms with E-state index in [-0.39, 0.29) is 35.1 Å². The van der Waals surface area contributed by atoms with E-state index in [4.69, 9.17) is 11.6 Å². The minimum atomic E-state index is -3.07. The van der Waals surface area contributed by atoms with Crippen molar-refractivity contribution in [2.24, 2.45) is 4.99 Å². The molecule has 3 heterocycles. The maximum atomic E-state index is 12.4. The summed E-state index contributed by atoms with van der Waals surface area (Å²) in [5.41, 5.74) is 0.892. The van der Waals surface area contributed by atoms with Crippen LogP contribution < -0.4 is 0 Å². The van der Waals surface area contributed by atoms with Gasteiger partial charge in [-0.05, 0) is 23.1 Å². The molecule has 2 fully saturated rings. The lowest BCUT2D eigenvalue weighted by Gasteiger charge is -2.24. The second-order valence-corrected chi connectivity index (χ2v) is 11.4. The summed E-state index contributed by atoms with van der Waals surface area (Å²) in [5.74, 6) is -0.000773. The predicted octanol–water partition coefficient (Wildman–Crippen LogP) is 3.24. The van der Waals surface area contributed by atoms with Crippen LogP contribution in [0, 0.1) is 0 Å². The molecule has 0 N–H and O–H groups in total. The van der Waals surface area contributed by atoms with Gasteiger partial charge in [0.15, 0.2) is 15.0 Å². The second-order valence-electron chi connectivity index (χ2n) is 6.56. The zero-order valence-corrected chi connectivity index (χ0v) is 17.5. The van der Waals surface area contributed by atoms with Gasteiger partial charge in [-0.2, -0.15) is 4.99 Å². The molecule has 1 amide bonds. The molecule has 142 valence electrons. The molecule has 0 radical (unpaired) electrons. The molecule has 2 saturated heterocycles. The number of thiophene rings is 1. The molecule has 0 spiro atoms. The number of fused-ring (bicyclic) bond motifs is 1. The summed E-state index contributed by atoms with van der Waals surface area (Å²) in [6, 6.07) is 11.1. The summed E-state index contributed by atoms with van der Waals surface area (Å²) in [6.07, 6.45) is 0.259. The van der Waals surface area contributed by atoms with E-state index in [9.17, 15) is 13.2 Å². The third-order valence-corrected chi connectivity index (χ3v) is 9.09. The number of aliphatic imine (C=N–C) groups is 1. The molecule has 0 aliphatic carbocycles. The summed E-state index contributed by atoms with van der Waals surface area (Å²) in [4.78, 5) is 19.6. The summed E-state index contributed by atoms with van der Waals surface area (Å²) in [6.45, 7) is 0.439. The molecule has 0 saturated carbocycles. The number of nitrogens with zero attached hydrogens (tertiary/aromatic N) is 2. The molecule has 2 atom stereocenters. The standard InChI is InChI=1S/C18H17ClN2O3S3/c19-14-6-2-1-4-12(14)9-21-15-10-27(23,24)11-16(15)26-18(21)20-17(22)8-13-5-3-7-25-13/h1-7,15-16H,8-11H2/t15-,16-/m0/s1. The van der Waals surface area contributed by atoms with Crippen molar-refractivity contribution in [2.45, 2.75) is 24.3 Å². The average molecular weight is 441 g/mol. The third-order valence-electron chi connectivity index (χ3n) is 4.60. The molecular formula is C18H17ClN2O3S3. The molecule has 9 heteroatoms. The van der Waals surface area contributed by atoms with Gasteiger partial charge in [0.1, 0.15) is 0 Å². The lowest BCUT2D eigenvalue weighted by atomic mass is 10.1. The van der Waals surface area contributed by atoms with Crippen LogP contribution in [0.4, 0.5) is 0 Å². The van der Waals surface area contributed by atoms with Gasteiger partial charge in [-0.25, -0.2) is 8.42 Å². The van der Waals surface area contributed by atoms with E-state index in [0.29, 0.717) is 16.7 Å². The average Bonchev–Trinajstić information content (AvgIpc) is 3.27. The molecule has 1 aromatic heterocycles. The number of hydrogen-bond donors (Lipinski definition) is 0. The van der Waals surface area contributed by atoms with Gasteiger partial charge < -0.3 is 4.90 Å². The Labute approximate surface area is 171 Å². The first-order valence-electron chi connectivity index (χ1n) is 8.42. The van der Waals surface area contributed by atoms with E-state index in [1.807, 2.05) is 46.7 Å². The number of carbonyl (C=O) groups is 1. The minimum Gasteiger partial charge on any atom is -0.342 e. The van der Waals surface area contributed by atoms with E-state index >= 15 is 0 Å². The SMILES string of the molecule is O=C(Cc1cccs1)N=C1S[C@H]2CS(=O)(=O)C[C@@H]2N1Cc1ccccc1Cl. The van der Waals surface area contributed by atoms with E-state index in [1.165, 1.54) is 23.1 Å². The molecule has 2 aliphatic heterocycles. The second kappa shape index (κ2) is 7.58. The predicted molar refractivity (Wildman–Crippen MR) is 111 cm³/mol. The Balaban J connectivity index is 1.60. The fourth-order valence-electron chi connectivity index (χ4n) is 3.34. The van der Waals surface area contributed by atoms with Crippen LogP contribution in [0.1, 0.15) is 10.4 Å². The van der Waals surface area contributed by atoms with Gasteiger partial charge in [0.25, 0.3) is 5.91 Å². The first-order valence-corrected chi connectivity index (χ1v) is 12.4. The van der Waals surface area contributed by atoms with Crippen LogP contribution >= 0.6 is 34.7 Å². The highest BCUT2D eigenvalue weighted by Crippen LogP contribution is 2.39. The summed E-state index contributed by atoms with van der Waals surface area (Å²) < 4.78 is 24.2. The van der Waals surface area contributed by atoms with Crippen molar-refractivity contribution in [3.63, 3.8) is 0 Å². The number of thioether (sulfide) groups is 1. The van der Waals surface area contributed by atoms with Crippen molar-refractivity contribution < 1.29 is 13.2 Å². The Morgan fingerprint density at radius 2 is 2.04 bits per heavy atom. The summed E-state index contributed by atoms with van der Waals surface area (Å²) >= 11 is 9.21. The van der Waals surface area contributed by atoms with E-state index < -0.39 is 9.84 Å². The van der Waals surface area contributed by atoms with Crippen molar-refractivity contribution in [1.82, 2.24) is 4.90 Å². The molecule has 2 aliphatic rings. The van der Waals surface area contributed by atoms with Gasteiger partial charge in [-0.3, -0.25) is 4.79 Å². The van der Waals surface area contributed by atoms with Crippen LogP contribution in [0.25, 0.3) is 0 Å². The zero-order chi connectivity index (χ0) is 19.0. The molecular weight excluding hydrogens is 424 g/mol. The fraction of sp³-hybridized carbons (Fsp3) is 0.333. The summed E-state index contributed by atoms with van der Waals surface area (Å²) in [5, 5.41) is 3.06. The fourth-order valence-corrected chi connectivity index (χ4v) is 8.20. The highest BCUT2D eigenvalue weighted by molar-refractivity contribution is 8.15. The minimum absolute atomic E-state index is 0.0905. The van der Waals surface area contributed by atoms with Crippen LogP contribution in [0.3, 0.4) is 0 Å². The lowest BCUT2D eigenvalue weighted by molar-refractivity contribution is -0.117. The molecule has 5 nitrogen and oxygen atoms in total. The number of amidine groups is 1. The largest absolute Gasteiger partial charge is 0.342 e. The van der Waals surface area contributed by atoms with Crippen molar-refractivity contribution >= 4 is 55.6 Å². The number of rotatable bonds is 4. The van der Waals surface area contributed by atoms with Gasteiger partial charge in [0, 0.05) is 21.7 Å². The molecule has 2 aromatic rings. The molecule has 1 aromatic carbocycles. The van der Waals surface area contributed by atoms with Gasteiger partial charge >= 0.3 is 0 Å². The normalized spacial score (nSPS) is 25.1. The Kier molecular flexibility index (Phi) is 5.33. The number of benzene rings is 1. The zero-order valence-electron chi connectivity index (χ0n) is 14.2. The van der Waals surface area contributed by atoms with Crippen molar-refractivity contribution in [3.05, 3.63) is 57.2 Å². The van der Waals surface area contributed by atoms with Gasteiger partial charge in [-0.1, -0.05) is 47.6 Å². The lowest BCUT2D eigenvalue weighted by Crippen LogP contribution is -2.37. The number of halogens is 1. The van der Waals surface area contributed by atoms with Gasteiger partial charge in [-0.15, -0.1) is 11.3 Å². The van der Waals surface area contributed by atoms with E-state index in [2.05, 4.69) is 4.99 Å². The number of sulfone groups is 1. The highest BCUT2D eigenvalue weighted by atomic mass is 35.5. The van der Waals surface area contributed by atoms with Gasteiger partial charge in [0.05, 0.1) is 24.0 Å². The Bertz CT molecular complexity index is 989. The van der Waals surface area contributed by atoms with Crippen LogP contribution in [-0.2, 0) is 27.6 Å². The maximum Gasteiger partial charge on any atom is 0.253 e. The number of amides is 1. The smallest absolute Gasteiger partial charge is 0.253 e. The number of carbonyl (C=O) groups excluding carboxylic acids is 1. The highest BCUT2D eigenvalue weighted by Gasteiger charge is 2.48. The topological polar surface area (TPSA) is 66.8 Å². The quantitative estimate of drug-likeness (QED) is 0.730. The maximum absolute atomic E-state index is 12.4. The number of hydrogen-bond acceptors (Lipinski definition) is 5. The summed E-state index contributed by atoms with van der Waals surface area (Å²) in [7, 11) is -3.07. The van der Waals surface area contributed by atoms with Crippen molar-refractivity contribution in [1.29, 1.82) is 0 Å². The van der Waals surface area contributed by atoms with Gasteiger partial charge in [0.2, 0.25) is 0 Å². The Hall–Kier alpha value is -1.35. The first kappa shape index (κ1) is 19.0. The molecule has 27 heavy (non-hydrogen) atoms. The first-order chi connectivity index (χ1) is 12.9. The van der Waals surface area contributed by atoms with E-state index in [0.717, 1.165) is 10.4 Å². The van der Waals surface area contributed by atoms with Crippen LogP contribution in [0.2, 0.25) is 5.02 Å². The van der Waals surface area contributed by atoms with E-state index in [1.54, 1.807) is 0 Å².